The lowest BCUT2D eigenvalue weighted by atomic mass is 9.97. The summed E-state index contributed by atoms with van der Waals surface area (Å²) < 4.78 is 27.9. The van der Waals surface area contributed by atoms with E-state index in [1.165, 1.54) is 6.33 Å². The summed E-state index contributed by atoms with van der Waals surface area (Å²) in [5, 5.41) is 0.164. The number of aromatic nitrogens is 2. The van der Waals surface area contributed by atoms with Crippen molar-refractivity contribution in [2.45, 2.75) is 31.2 Å². The monoisotopic (exact) mass is 257 g/mol. The second kappa shape index (κ2) is 4.78. The van der Waals surface area contributed by atoms with Crippen LogP contribution in [0.1, 0.15) is 26.2 Å². The van der Waals surface area contributed by atoms with E-state index in [-0.39, 0.29) is 5.03 Å². The molecule has 1 aliphatic heterocycles. The lowest BCUT2D eigenvalue weighted by Gasteiger charge is -2.30. The SMILES string of the molecule is CC[C@@H]1CCCN(S(=O)(=O)c2cn(C)cn2)C1. The second-order valence-corrected chi connectivity index (χ2v) is 6.54. The minimum atomic E-state index is -3.38. The molecule has 0 unspecified atom stereocenters. The van der Waals surface area contributed by atoms with Crippen molar-refractivity contribution in [2.24, 2.45) is 13.0 Å². The molecule has 17 heavy (non-hydrogen) atoms. The molecule has 1 aliphatic rings. The molecule has 96 valence electrons. The third kappa shape index (κ3) is 2.52. The summed E-state index contributed by atoms with van der Waals surface area (Å²) in [5.41, 5.74) is 0. The standard InChI is InChI=1S/C11H19N3O2S/c1-3-10-5-4-6-14(7-10)17(15,16)11-8-13(2)9-12-11/h8-10H,3-7H2,1-2H3/t10-/m1/s1. The Morgan fingerprint density at radius 3 is 2.88 bits per heavy atom. The number of aryl methyl sites for hydroxylation is 1. The van der Waals surface area contributed by atoms with Crippen molar-refractivity contribution in [2.75, 3.05) is 13.1 Å². The van der Waals surface area contributed by atoms with Crippen molar-refractivity contribution in [3.05, 3.63) is 12.5 Å². The van der Waals surface area contributed by atoms with E-state index in [2.05, 4.69) is 11.9 Å². The van der Waals surface area contributed by atoms with Crippen molar-refractivity contribution in [3.63, 3.8) is 0 Å². The fourth-order valence-electron chi connectivity index (χ4n) is 2.23. The number of nitrogens with zero attached hydrogens (tertiary/aromatic N) is 3. The van der Waals surface area contributed by atoms with Crippen molar-refractivity contribution >= 4 is 10.0 Å². The zero-order chi connectivity index (χ0) is 12.5. The Hall–Kier alpha value is -0.880. The van der Waals surface area contributed by atoms with Crippen LogP contribution in [0.25, 0.3) is 0 Å². The van der Waals surface area contributed by atoms with Gasteiger partial charge in [-0.15, -0.1) is 0 Å². The van der Waals surface area contributed by atoms with Crippen LogP contribution in [0.5, 0.6) is 0 Å². The zero-order valence-electron chi connectivity index (χ0n) is 10.3. The number of sulfonamides is 1. The van der Waals surface area contributed by atoms with E-state index in [1.807, 2.05) is 0 Å². The van der Waals surface area contributed by atoms with E-state index in [1.54, 1.807) is 22.1 Å². The van der Waals surface area contributed by atoms with Gasteiger partial charge in [0.15, 0.2) is 5.03 Å². The molecule has 0 amide bonds. The van der Waals surface area contributed by atoms with Gasteiger partial charge in [0, 0.05) is 26.3 Å². The maximum Gasteiger partial charge on any atom is 0.262 e. The molecule has 0 radical (unpaired) electrons. The van der Waals surface area contributed by atoms with Crippen LogP contribution in [-0.2, 0) is 17.1 Å². The molecule has 2 heterocycles. The van der Waals surface area contributed by atoms with Gasteiger partial charge >= 0.3 is 0 Å². The first-order chi connectivity index (χ1) is 8.04. The molecule has 5 nitrogen and oxygen atoms in total. The highest BCUT2D eigenvalue weighted by Gasteiger charge is 2.30. The molecule has 1 aromatic rings. The molecule has 0 saturated carbocycles. The van der Waals surface area contributed by atoms with Crippen molar-refractivity contribution < 1.29 is 8.42 Å². The van der Waals surface area contributed by atoms with Crippen LogP contribution >= 0.6 is 0 Å². The van der Waals surface area contributed by atoms with E-state index in [0.717, 1.165) is 19.3 Å². The van der Waals surface area contributed by atoms with Gasteiger partial charge in [-0.2, -0.15) is 4.31 Å². The number of rotatable bonds is 3. The van der Waals surface area contributed by atoms with E-state index in [4.69, 9.17) is 0 Å². The maximum absolute atomic E-state index is 12.3. The van der Waals surface area contributed by atoms with Gasteiger partial charge in [-0.3, -0.25) is 0 Å². The van der Waals surface area contributed by atoms with Gasteiger partial charge in [0.05, 0.1) is 6.33 Å². The lowest BCUT2D eigenvalue weighted by molar-refractivity contribution is 0.261. The Morgan fingerprint density at radius 2 is 2.29 bits per heavy atom. The van der Waals surface area contributed by atoms with Crippen LogP contribution in [0.15, 0.2) is 17.6 Å². The summed E-state index contributed by atoms with van der Waals surface area (Å²) in [6, 6.07) is 0. The Morgan fingerprint density at radius 1 is 1.53 bits per heavy atom. The third-order valence-corrected chi connectivity index (χ3v) is 5.10. The molecular formula is C11H19N3O2S. The fourth-order valence-corrected chi connectivity index (χ4v) is 3.75. The smallest absolute Gasteiger partial charge is 0.262 e. The second-order valence-electron chi connectivity index (χ2n) is 4.66. The predicted molar refractivity (Wildman–Crippen MR) is 65.0 cm³/mol. The fraction of sp³-hybridized carbons (Fsp3) is 0.727. The Kier molecular flexibility index (Phi) is 3.53. The van der Waals surface area contributed by atoms with Crippen molar-refractivity contribution in [3.8, 4) is 0 Å². The summed E-state index contributed by atoms with van der Waals surface area (Å²) in [4.78, 5) is 3.95. The summed E-state index contributed by atoms with van der Waals surface area (Å²) in [5.74, 6) is 0.488. The average molecular weight is 257 g/mol. The number of hydrogen-bond donors (Lipinski definition) is 0. The molecule has 0 aromatic carbocycles. The summed E-state index contributed by atoms with van der Waals surface area (Å²) in [6.45, 7) is 3.37. The molecule has 6 heteroatoms. The summed E-state index contributed by atoms with van der Waals surface area (Å²) >= 11 is 0. The first-order valence-electron chi connectivity index (χ1n) is 6.02. The highest BCUT2D eigenvalue weighted by Crippen LogP contribution is 2.24. The molecule has 0 spiro atoms. The van der Waals surface area contributed by atoms with Gasteiger partial charge in [-0.05, 0) is 18.8 Å². The van der Waals surface area contributed by atoms with Crippen LogP contribution in [0.2, 0.25) is 0 Å². The molecule has 2 rings (SSSR count). The molecule has 0 bridgehead atoms. The summed E-state index contributed by atoms with van der Waals surface area (Å²) in [7, 11) is -1.61. The van der Waals surface area contributed by atoms with Crippen LogP contribution in [0, 0.1) is 5.92 Å². The molecule has 1 fully saturated rings. The molecule has 1 saturated heterocycles. The Balaban J connectivity index is 2.21. The van der Waals surface area contributed by atoms with Crippen LogP contribution in [0.3, 0.4) is 0 Å². The maximum atomic E-state index is 12.3. The third-order valence-electron chi connectivity index (χ3n) is 3.34. The quantitative estimate of drug-likeness (QED) is 0.818. The van der Waals surface area contributed by atoms with Crippen LogP contribution in [0.4, 0.5) is 0 Å². The van der Waals surface area contributed by atoms with Gasteiger partial charge in [0.1, 0.15) is 0 Å². The summed E-state index contributed by atoms with van der Waals surface area (Å²) in [6.07, 6.45) is 6.20. The molecule has 0 N–H and O–H groups in total. The van der Waals surface area contributed by atoms with Gasteiger partial charge < -0.3 is 4.57 Å². The molecule has 1 atom stereocenters. The Labute approximate surface area is 103 Å². The first kappa shape index (κ1) is 12.6. The number of piperidine rings is 1. The first-order valence-corrected chi connectivity index (χ1v) is 7.46. The number of imidazole rings is 1. The van der Waals surface area contributed by atoms with Gasteiger partial charge in [-0.25, -0.2) is 13.4 Å². The topological polar surface area (TPSA) is 55.2 Å². The lowest BCUT2D eigenvalue weighted by Crippen LogP contribution is -2.39. The molecule has 1 aromatic heterocycles. The minimum Gasteiger partial charge on any atom is -0.339 e. The largest absolute Gasteiger partial charge is 0.339 e. The Bertz CT molecular complexity index is 481. The predicted octanol–water partition coefficient (Wildman–Crippen LogP) is 1.23. The normalized spacial score (nSPS) is 22.8. The minimum absolute atomic E-state index is 0.164. The van der Waals surface area contributed by atoms with E-state index >= 15 is 0 Å². The van der Waals surface area contributed by atoms with Gasteiger partial charge in [-0.1, -0.05) is 13.3 Å². The van der Waals surface area contributed by atoms with Crippen molar-refractivity contribution in [1.29, 1.82) is 0 Å². The average Bonchev–Trinajstić information content (AvgIpc) is 2.76. The highest BCUT2D eigenvalue weighted by atomic mass is 32.2. The van der Waals surface area contributed by atoms with Crippen LogP contribution < -0.4 is 0 Å². The molecule has 0 aliphatic carbocycles. The van der Waals surface area contributed by atoms with Gasteiger partial charge in [0.2, 0.25) is 0 Å². The number of hydrogen-bond acceptors (Lipinski definition) is 3. The molecular weight excluding hydrogens is 238 g/mol. The van der Waals surface area contributed by atoms with Crippen molar-refractivity contribution in [1.82, 2.24) is 13.9 Å². The zero-order valence-corrected chi connectivity index (χ0v) is 11.2. The highest BCUT2D eigenvalue weighted by molar-refractivity contribution is 7.89. The van der Waals surface area contributed by atoms with E-state index in [0.29, 0.717) is 19.0 Å². The van der Waals surface area contributed by atoms with Crippen LogP contribution in [-0.4, -0.2) is 35.4 Å². The van der Waals surface area contributed by atoms with Gasteiger partial charge in [0.25, 0.3) is 10.0 Å². The van der Waals surface area contributed by atoms with E-state index < -0.39 is 10.0 Å². The van der Waals surface area contributed by atoms with E-state index in [9.17, 15) is 8.42 Å².